The molecule has 0 radical (unpaired) electrons. The Morgan fingerprint density at radius 1 is 0.800 bits per heavy atom. The minimum Gasteiger partial charge on any atom is -0.366 e. The molecule has 8 heteroatoms. The minimum absolute atomic E-state index is 0.492. The van der Waals surface area contributed by atoms with E-state index in [1.165, 1.54) is 75.8 Å². The molecule has 3 aliphatic rings. The van der Waals surface area contributed by atoms with Gasteiger partial charge in [0.2, 0.25) is 0 Å². The lowest BCUT2D eigenvalue weighted by Gasteiger charge is -2.28. The SMILES string of the molecule is c1ccc2c(c1)nnn2Oc1cp(N2CCCC2)c(N2CCCC2)c1N1CCCC1. The van der Waals surface area contributed by atoms with Crippen molar-refractivity contribution in [3.8, 4) is 5.75 Å². The van der Waals surface area contributed by atoms with Crippen molar-refractivity contribution in [2.75, 3.05) is 53.7 Å². The average Bonchev–Trinajstić information content (AvgIpc) is 3.59. The number of rotatable bonds is 5. The fourth-order valence-corrected chi connectivity index (χ4v) is 7.74. The maximum Gasteiger partial charge on any atom is 0.189 e. The highest BCUT2D eigenvalue weighted by atomic mass is 31.1. The molecular formula is C22H29N6OP. The minimum atomic E-state index is -0.492. The highest BCUT2D eigenvalue weighted by Gasteiger charge is 2.33. The first-order valence-corrected chi connectivity index (χ1v) is 12.7. The molecule has 3 aromatic rings. The van der Waals surface area contributed by atoms with Gasteiger partial charge in [0.15, 0.2) is 5.75 Å². The van der Waals surface area contributed by atoms with E-state index in [0.717, 1.165) is 29.9 Å². The molecule has 7 nitrogen and oxygen atoms in total. The Balaban J connectivity index is 1.48. The molecule has 158 valence electrons. The molecule has 30 heavy (non-hydrogen) atoms. The number of hydrogen-bond donors (Lipinski definition) is 0. The van der Waals surface area contributed by atoms with Crippen molar-refractivity contribution < 1.29 is 4.84 Å². The Hall–Kier alpha value is -2.24. The first kappa shape index (κ1) is 18.5. The second-order valence-electron chi connectivity index (χ2n) is 8.60. The van der Waals surface area contributed by atoms with Crippen LogP contribution in [0.4, 0.5) is 11.1 Å². The zero-order chi connectivity index (χ0) is 19.9. The van der Waals surface area contributed by atoms with Crippen molar-refractivity contribution in [1.82, 2.24) is 15.2 Å². The van der Waals surface area contributed by atoms with Gasteiger partial charge in [-0.1, -0.05) is 17.0 Å². The van der Waals surface area contributed by atoms with E-state index in [1.54, 1.807) is 4.85 Å². The van der Waals surface area contributed by atoms with Crippen LogP contribution in [0.15, 0.2) is 30.1 Å². The fourth-order valence-electron chi connectivity index (χ4n) is 5.12. The summed E-state index contributed by atoms with van der Waals surface area (Å²) in [6.45, 7) is 6.99. The van der Waals surface area contributed by atoms with Gasteiger partial charge < -0.3 is 14.6 Å². The Kier molecular flexibility index (Phi) is 4.81. The Bertz CT molecular complexity index is 1030. The maximum atomic E-state index is 6.50. The number of benzene rings is 1. The summed E-state index contributed by atoms with van der Waals surface area (Å²) in [5, 5.41) is 8.60. The molecule has 0 amide bonds. The van der Waals surface area contributed by atoms with Crippen molar-refractivity contribution in [2.24, 2.45) is 0 Å². The summed E-state index contributed by atoms with van der Waals surface area (Å²) in [5.74, 6) is 3.39. The van der Waals surface area contributed by atoms with Crippen LogP contribution in [0.2, 0.25) is 0 Å². The van der Waals surface area contributed by atoms with Gasteiger partial charge in [0.1, 0.15) is 16.7 Å². The van der Waals surface area contributed by atoms with Crippen LogP contribution in [-0.2, 0) is 0 Å². The number of hydrogen-bond acceptors (Lipinski definition) is 6. The lowest BCUT2D eigenvalue weighted by atomic mass is 10.3. The lowest BCUT2D eigenvalue weighted by Crippen LogP contribution is -2.25. The third-order valence-electron chi connectivity index (χ3n) is 6.62. The van der Waals surface area contributed by atoms with Gasteiger partial charge in [0, 0.05) is 45.1 Å². The van der Waals surface area contributed by atoms with E-state index < -0.39 is 7.68 Å². The molecule has 6 rings (SSSR count). The van der Waals surface area contributed by atoms with Crippen molar-refractivity contribution in [3.63, 3.8) is 0 Å². The monoisotopic (exact) mass is 424 g/mol. The second kappa shape index (κ2) is 7.78. The van der Waals surface area contributed by atoms with Crippen molar-refractivity contribution in [2.45, 2.75) is 38.5 Å². The second-order valence-corrected chi connectivity index (χ2v) is 10.5. The van der Waals surface area contributed by atoms with E-state index in [4.69, 9.17) is 4.84 Å². The van der Waals surface area contributed by atoms with Crippen LogP contribution < -0.4 is 19.3 Å². The van der Waals surface area contributed by atoms with Crippen LogP contribution in [-0.4, -0.2) is 54.4 Å². The highest BCUT2D eigenvalue weighted by molar-refractivity contribution is 7.55. The number of aromatic nitrogens is 3. The smallest absolute Gasteiger partial charge is 0.189 e. The van der Waals surface area contributed by atoms with Crippen molar-refractivity contribution in [1.29, 1.82) is 0 Å². The third-order valence-corrected chi connectivity index (χ3v) is 9.04. The van der Waals surface area contributed by atoms with Gasteiger partial charge in [-0.3, -0.25) is 4.67 Å². The van der Waals surface area contributed by atoms with Gasteiger partial charge in [-0.25, -0.2) is 0 Å². The summed E-state index contributed by atoms with van der Waals surface area (Å²) in [4.78, 5) is 13.3. The van der Waals surface area contributed by atoms with Gasteiger partial charge in [-0.05, 0) is 63.6 Å². The van der Waals surface area contributed by atoms with E-state index >= 15 is 0 Å². The van der Waals surface area contributed by atoms with Crippen LogP contribution in [0, 0.1) is 0 Å². The van der Waals surface area contributed by atoms with Gasteiger partial charge in [-0.2, -0.15) is 0 Å². The Morgan fingerprint density at radius 3 is 2.23 bits per heavy atom. The molecule has 3 saturated heterocycles. The van der Waals surface area contributed by atoms with Gasteiger partial charge in [0.05, 0.1) is 5.42 Å². The van der Waals surface area contributed by atoms with Gasteiger partial charge in [0.25, 0.3) is 0 Å². The fraction of sp³-hybridized carbons (Fsp3) is 0.545. The quantitative estimate of drug-likeness (QED) is 0.612. The normalized spacial score (nSPS) is 20.7. The average molecular weight is 424 g/mol. The van der Waals surface area contributed by atoms with Crippen LogP contribution in [0.25, 0.3) is 11.0 Å². The number of fused-ring (bicyclic) bond motifs is 1. The summed E-state index contributed by atoms with van der Waals surface area (Å²) in [6, 6.07) is 8.01. The Labute approximate surface area is 178 Å². The molecule has 0 bridgehead atoms. The molecule has 0 spiro atoms. The van der Waals surface area contributed by atoms with Crippen molar-refractivity contribution >= 4 is 29.8 Å². The highest BCUT2D eigenvalue weighted by Crippen LogP contribution is 2.58. The largest absolute Gasteiger partial charge is 0.366 e. The van der Waals surface area contributed by atoms with E-state index in [1.807, 2.05) is 24.3 Å². The number of para-hydroxylation sites is 1. The third kappa shape index (κ3) is 3.15. The maximum absolute atomic E-state index is 6.50. The van der Waals surface area contributed by atoms with E-state index in [-0.39, 0.29) is 0 Å². The van der Waals surface area contributed by atoms with Crippen LogP contribution in [0.1, 0.15) is 38.5 Å². The Morgan fingerprint density at radius 2 is 1.47 bits per heavy atom. The zero-order valence-electron chi connectivity index (χ0n) is 17.4. The summed E-state index contributed by atoms with van der Waals surface area (Å²) in [5.41, 5.74) is 4.64. The lowest BCUT2D eigenvalue weighted by molar-refractivity contribution is 0.186. The molecule has 5 heterocycles. The first-order chi connectivity index (χ1) is 14.9. The van der Waals surface area contributed by atoms with Gasteiger partial charge >= 0.3 is 0 Å². The molecule has 0 N–H and O–H groups in total. The van der Waals surface area contributed by atoms with Gasteiger partial charge in [-0.15, -0.1) is 5.10 Å². The summed E-state index contributed by atoms with van der Waals surface area (Å²) >= 11 is 0. The van der Waals surface area contributed by atoms with Crippen LogP contribution in [0.5, 0.6) is 5.75 Å². The standard InChI is InChI=1S/C22H29N6OP/c1-2-10-19-18(9-1)23-24-28(19)29-20-17-30(27-15-7-8-16-27)22(26-13-5-6-14-26)21(20)25-11-3-4-12-25/h1-2,9-10,17H,3-8,11-16H2. The van der Waals surface area contributed by atoms with E-state index in [0.29, 0.717) is 0 Å². The zero-order valence-corrected chi connectivity index (χ0v) is 18.3. The molecule has 0 aliphatic carbocycles. The van der Waals surface area contributed by atoms with E-state index in [9.17, 15) is 0 Å². The van der Waals surface area contributed by atoms with Crippen molar-refractivity contribution in [3.05, 3.63) is 30.1 Å². The summed E-state index contributed by atoms with van der Waals surface area (Å²) in [7, 11) is -0.492. The molecule has 3 fully saturated rings. The number of nitrogens with zero attached hydrogens (tertiary/aromatic N) is 6. The molecular weight excluding hydrogens is 395 g/mol. The molecule has 1 atom stereocenters. The predicted molar refractivity (Wildman–Crippen MR) is 123 cm³/mol. The molecule has 3 aliphatic heterocycles. The topological polar surface area (TPSA) is 49.7 Å². The first-order valence-electron chi connectivity index (χ1n) is 11.4. The van der Waals surface area contributed by atoms with E-state index in [2.05, 4.69) is 30.6 Å². The number of anilines is 2. The predicted octanol–water partition coefficient (Wildman–Crippen LogP) is 4.19. The molecule has 1 aromatic carbocycles. The molecule has 2 aromatic heterocycles. The molecule has 1 unspecified atom stereocenters. The summed E-state index contributed by atoms with van der Waals surface area (Å²) in [6.07, 6.45) is 7.73. The van der Waals surface area contributed by atoms with Crippen LogP contribution in [0.3, 0.4) is 0 Å². The summed E-state index contributed by atoms with van der Waals surface area (Å²) < 4.78 is 2.70. The van der Waals surface area contributed by atoms with Crippen LogP contribution >= 0.6 is 7.68 Å². The molecule has 0 saturated carbocycles.